The Morgan fingerprint density at radius 2 is 0.457 bits per heavy atom. The van der Waals surface area contributed by atoms with Gasteiger partial charge in [0.25, 0.3) is 0 Å². The fourth-order valence-corrected chi connectivity index (χ4v) is 20.7. The summed E-state index contributed by atoms with van der Waals surface area (Å²) in [7, 11) is 0. The number of aliphatic hydroxyl groups excluding tert-OH is 16. The second-order valence-corrected chi connectivity index (χ2v) is 37.7. The lowest BCUT2D eigenvalue weighted by Crippen LogP contribution is -2.59. The lowest BCUT2D eigenvalue weighted by molar-refractivity contribution is -0.304. The Hall–Kier alpha value is -9.12. The van der Waals surface area contributed by atoms with Gasteiger partial charge < -0.3 is 157 Å². The highest BCUT2D eigenvalue weighted by Crippen LogP contribution is 2.60. The maximum atomic E-state index is 11.2. The molecule has 44 heteroatoms. The van der Waals surface area contributed by atoms with Crippen LogP contribution >= 0.6 is 0 Å². The highest BCUT2D eigenvalue weighted by molar-refractivity contribution is 5.70. The quantitative estimate of drug-likeness (QED) is 0.0244. The summed E-state index contributed by atoms with van der Waals surface area (Å²) in [4.78, 5) is 0. The molecule has 12 heterocycles. The molecule has 0 spiro atoms. The van der Waals surface area contributed by atoms with Crippen molar-refractivity contribution >= 4 is 0 Å². The number of ether oxygens (including phenoxy) is 16. The van der Waals surface area contributed by atoms with Gasteiger partial charge in [0.15, 0.2) is 25.2 Å². The van der Waals surface area contributed by atoms with Gasteiger partial charge in [-0.15, -0.1) is 20.4 Å². The first-order valence-electron chi connectivity index (χ1n) is 49.1. The molecule has 8 aliphatic heterocycles. The SMILES string of the molecule is CCCCCCC1c2cc3c4c(Cn5cc(COC6OC(CO)C(O)C(O)C6O)nn5)c2OCOc2c1cc1c(c2Cn2cc(COC5OC(CO)C(O)C(O)C5O)nn2)OCOc2c(cc5c(c2Cn2cc(COC6OC(CO)C(O)C(O)C6O)nn2)OCOc2c(cc(c(c2Cn2cc(COC6OC(CO)C(O)C(O)C6O)nn2)OCO4)C3CCCCCC)C5CCCCCC)C1CCCCCC. The van der Waals surface area contributed by atoms with Crippen LogP contribution in [0, 0.1) is 0 Å². The highest BCUT2D eigenvalue weighted by Gasteiger charge is 2.50. The number of rotatable bonds is 44. The summed E-state index contributed by atoms with van der Waals surface area (Å²) in [5, 5.41) is 209. The van der Waals surface area contributed by atoms with Gasteiger partial charge in [0.1, 0.15) is 166 Å². The van der Waals surface area contributed by atoms with E-state index in [0.717, 1.165) is 122 Å². The highest BCUT2D eigenvalue weighted by atomic mass is 16.7. The van der Waals surface area contributed by atoms with Gasteiger partial charge in [-0.05, 0) is 49.9 Å². The summed E-state index contributed by atoms with van der Waals surface area (Å²) in [5.41, 5.74) is 9.29. The maximum absolute atomic E-state index is 11.2. The second-order valence-electron chi connectivity index (χ2n) is 37.7. The van der Waals surface area contributed by atoms with Crippen LogP contribution in [0.2, 0.25) is 0 Å². The first-order chi connectivity index (χ1) is 68.0. The molecule has 20 atom stereocenters. The molecule has 20 unspecified atom stereocenters. The average Bonchev–Trinajstić information content (AvgIpc) is 0.870. The Morgan fingerprint density at radius 1 is 0.264 bits per heavy atom. The molecule has 4 saturated heterocycles. The van der Waals surface area contributed by atoms with E-state index in [1.165, 1.54) is 0 Å². The Kier molecular flexibility index (Phi) is 34.2. The third-order valence-corrected chi connectivity index (χ3v) is 28.1. The number of unbranched alkanes of at least 4 members (excludes halogenated alkanes) is 12. The van der Waals surface area contributed by atoms with E-state index >= 15 is 0 Å². The van der Waals surface area contributed by atoms with Crippen molar-refractivity contribution < 1.29 is 157 Å². The van der Waals surface area contributed by atoms with E-state index < -0.39 is 200 Å². The monoisotopic (exact) mass is 1960 g/mol. The molecule has 0 saturated carbocycles. The summed E-state index contributed by atoms with van der Waals surface area (Å²) in [6.07, 6.45) is -9.35. The fourth-order valence-electron chi connectivity index (χ4n) is 20.7. The molecule has 140 heavy (non-hydrogen) atoms. The van der Waals surface area contributed by atoms with Crippen LogP contribution in [0.3, 0.4) is 0 Å². The van der Waals surface area contributed by atoms with Gasteiger partial charge in [-0.1, -0.05) is 151 Å². The van der Waals surface area contributed by atoms with Crippen molar-refractivity contribution in [2.45, 2.75) is 355 Å². The summed E-state index contributed by atoms with van der Waals surface area (Å²) < 4.78 is 113. The minimum absolute atomic E-state index is 0.0760. The molecular formula is C96H132N12O32. The van der Waals surface area contributed by atoms with Crippen LogP contribution in [0.4, 0.5) is 0 Å². The van der Waals surface area contributed by atoms with Gasteiger partial charge in [0, 0.05) is 68.2 Å². The van der Waals surface area contributed by atoms with Gasteiger partial charge in [-0.2, -0.15) is 0 Å². The standard InChI is InChI=1S/C96H132N12O32/c1-5-9-13-17-21-53-57-25-59-54(22-18-14-10-6-2)61-27-63-56(24-20-16-12-8-4)64-28-62-55(23-19-15-11-7-3)60-26-58(53)86-66(34-106-30-50(98-102-106)42-126-94-82(122)78(118)74(114)70(38-110)138-94)88(60)132-47-134-90(62)68(36-108-32-52(100-104-108)44-128-96-84(124)80(120)76(116)72(40-112)140-96)92(64)136-48-135-91(63)67(35-107-31-51(99-103-107)43-127-95-83(123)79(119)75(115)71(39-111)139-95)89(61)133-46-131-87(59)65(85(57)129-45-130-86)33-105-29-49(97-101-105)41-125-93-81(121)77(117)73(113)69(37-109)137-93/h25-32,53-56,69-84,93-96,109-124H,5-24,33-48H2,1-4H3. The fraction of sp³-hybridized carbons (Fsp3) is 0.667. The molecule has 44 nitrogen and oxygen atoms in total. The van der Waals surface area contributed by atoms with Crippen LogP contribution < -0.4 is 37.9 Å². The number of aliphatic hydroxyl groups is 16. The topological polar surface area (TPSA) is 594 Å². The number of hydrogen-bond acceptors (Lipinski definition) is 40. The van der Waals surface area contributed by atoms with E-state index in [4.69, 9.17) is 96.6 Å². The van der Waals surface area contributed by atoms with Crippen molar-refractivity contribution in [2.75, 3.05) is 53.6 Å². The van der Waals surface area contributed by atoms with Gasteiger partial charge in [-0.3, -0.25) is 0 Å². The zero-order chi connectivity index (χ0) is 98.1. The Morgan fingerprint density at radius 3 is 0.636 bits per heavy atom. The summed E-state index contributed by atoms with van der Waals surface area (Å²) in [6.45, 7) is 2.63. The van der Waals surface area contributed by atoms with Crippen molar-refractivity contribution in [3.63, 3.8) is 0 Å². The van der Waals surface area contributed by atoms with E-state index in [2.05, 4.69) is 72.4 Å². The number of hydrogen-bond donors (Lipinski definition) is 16. The van der Waals surface area contributed by atoms with Crippen molar-refractivity contribution in [1.82, 2.24) is 60.0 Å². The van der Waals surface area contributed by atoms with Crippen LogP contribution in [0.1, 0.15) is 269 Å². The molecule has 4 fully saturated rings. The minimum Gasteiger partial charge on any atom is -0.457 e. The Balaban J connectivity index is 0.915. The first-order valence-corrected chi connectivity index (χ1v) is 49.1. The van der Waals surface area contributed by atoms with Crippen molar-refractivity contribution in [3.8, 4) is 46.0 Å². The van der Waals surface area contributed by atoms with Crippen LogP contribution in [0.25, 0.3) is 0 Å². The number of aromatic nitrogens is 12. The van der Waals surface area contributed by atoms with E-state index in [9.17, 15) is 81.7 Å². The predicted molar refractivity (Wildman–Crippen MR) is 483 cm³/mol. The lowest BCUT2D eigenvalue weighted by Gasteiger charge is -2.39. The van der Waals surface area contributed by atoms with E-state index in [1.54, 1.807) is 43.5 Å². The number of nitrogens with zero attached hydrogens (tertiary/aromatic N) is 12. The van der Waals surface area contributed by atoms with Gasteiger partial charge in [0.2, 0.25) is 27.2 Å². The zero-order valence-electron chi connectivity index (χ0n) is 79.0. The van der Waals surface area contributed by atoms with Crippen LogP contribution in [-0.2, 0) is 90.5 Å². The second kappa shape index (κ2) is 46.7. The van der Waals surface area contributed by atoms with E-state index in [1.807, 2.05) is 0 Å². The minimum atomic E-state index is -1.72. The summed E-state index contributed by atoms with van der Waals surface area (Å²) >= 11 is 0. The van der Waals surface area contributed by atoms with Crippen molar-refractivity contribution in [2.24, 2.45) is 0 Å². The smallest absolute Gasteiger partial charge is 0.230 e. The van der Waals surface area contributed by atoms with Crippen LogP contribution in [-0.4, -0.2) is 318 Å². The molecule has 1 aliphatic carbocycles. The maximum Gasteiger partial charge on any atom is 0.230 e. The molecule has 4 aromatic carbocycles. The van der Waals surface area contributed by atoms with E-state index in [-0.39, 0.29) is 75.4 Å². The third-order valence-electron chi connectivity index (χ3n) is 28.1. The third kappa shape index (κ3) is 21.8. The van der Waals surface area contributed by atoms with Gasteiger partial charge >= 0.3 is 0 Å². The van der Waals surface area contributed by atoms with Crippen molar-refractivity contribution in [1.29, 1.82) is 0 Å². The van der Waals surface area contributed by atoms with Crippen LogP contribution in [0.15, 0.2) is 49.1 Å². The average molecular weight is 1970 g/mol. The Bertz CT molecular complexity index is 4640. The molecular weight excluding hydrogens is 1830 g/mol. The number of benzene rings is 4. The van der Waals surface area contributed by atoms with Crippen LogP contribution in [0.5, 0.6) is 46.0 Å². The van der Waals surface area contributed by atoms with Gasteiger partial charge in [0.05, 0.1) is 126 Å². The molecule has 4 aromatic heterocycles. The summed E-state index contributed by atoms with van der Waals surface area (Å²) in [5.74, 6) is 0.761. The molecule has 0 radical (unpaired) electrons. The largest absolute Gasteiger partial charge is 0.457 e. The molecule has 768 valence electrons. The molecule has 9 aliphatic rings. The predicted octanol–water partition coefficient (Wildman–Crippen LogP) is 3.15. The molecule has 8 bridgehead atoms. The van der Waals surface area contributed by atoms with E-state index in [0.29, 0.717) is 120 Å². The normalized spacial score (nSPS) is 28.8. The Labute approximate surface area is 807 Å². The first kappa shape index (κ1) is 102. The molecule has 17 rings (SSSR count). The summed E-state index contributed by atoms with van der Waals surface area (Å²) in [6, 6.07) is 8.97. The van der Waals surface area contributed by atoms with Crippen molar-refractivity contribution in [3.05, 3.63) is 139 Å². The molecule has 8 aromatic rings. The molecule has 0 amide bonds. The van der Waals surface area contributed by atoms with Gasteiger partial charge in [-0.25, -0.2) is 18.7 Å². The molecule has 16 N–H and O–H groups in total. The zero-order valence-corrected chi connectivity index (χ0v) is 79.0. The lowest BCUT2D eigenvalue weighted by atomic mass is 9.74.